The van der Waals surface area contributed by atoms with Crippen LogP contribution in [0.15, 0.2) is 53.6 Å². The van der Waals surface area contributed by atoms with Crippen molar-refractivity contribution in [3.05, 3.63) is 65.4 Å². The van der Waals surface area contributed by atoms with Gasteiger partial charge in [-0.15, -0.1) is 0 Å². The summed E-state index contributed by atoms with van der Waals surface area (Å²) in [5.74, 6) is -0.113. The number of carbonyl (C=O) groups is 1. The Morgan fingerprint density at radius 1 is 1.14 bits per heavy atom. The topological polar surface area (TPSA) is 118 Å². The number of nitrogen functional groups attached to an aromatic ring is 1. The lowest BCUT2D eigenvalue weighted by Gasteiger charge is -2.36. The quantitative estimate of drug-likeness (QED) is 0.550. The van der Waals surface area contributed by atoms with Gasteiger partial charge in [0.2, 0.25) is 0 Å². The highest BCUT2D eigenvalue weighted by atomic mass is 32.2. The summed E-state index contributed by atoms with van der Waals surface area (Å²) in [6, 6.07) is 12.2. The van der Waals surface area contributed by atoms with Gasteiger partial charge < -0.3 is 10.6 Å². The average molecular weight is 494 g/mol. The number of nitrogens with zero attached hydrogens (tertiary/aromatic N) is 3. The maximum atomic E-state index is 13.4. The summed E-state index contributed by atoms with van der Waals surface area (Å²) in [5.41, 5.74) is 9.61. The molecule has 1 amide bonds. The molecule has 3 heterocycles. The summed E-state index contributed by atoms with van der Waals surface area (Å²) < 4.78 is 28.0. The maximum Gasteiger partial charge on any atom is 0.268 e. The van der Waals surface area contributed by atoms with E-state index in [1.54, 1.807) is 12.1 Å². The summed E-state index contributed by atoms with van der Waals surface area (Å²) in [6.45, 7) is 11.2. The van der Waals surface area contributed by atoms with Crippen molar-refractivity contribution < 1.29 is 13.2 Å². The van der Waals surface area contributed by atoms with Gasteiger partial charge in [-0.1, -0.05) is 25.1 Å². The lowest BCUT2D eigenvalue weighted by molar-refractivity contribution is 0.0981. The highest BCUT2D eigenvalue weighted by molar-refractivity contribution is 7.90. The molecule has 1 aliphatic rings. The number of nitrogens with two attached hydrogens (primary N) is 1. The number of hydrogen-bond donors (Lipinski definition) is 2. The number of hydrogen-bond acceptors (Lipinski definition) is 7. The van der Waals surface area contributed by atoms with E-state index in [4.69, 9.17) is 10.7 Å². The van der Waals surface area contributed by atoms with Crippen LogP contribution in [-0.2, 0) is 10.0 Å². The zero-order valence-corrected chi connectivity index (χ0v) is 21.5. The Bertz CT molecular complexity index is 1400. The third kappa shape index (κ3) is 4.48. The standard InChI is InChI=1S/C26H31N5O3S/c1-16-8-6-9-19(18(16)3)21-12-11-20(24(29-21)31-15-13-17(2)26(31,4)5)25(32)30-35(33,34)22-10-7-14-28-23(22)27/h6-12,14,17H,13,15H2,1-5H3,(H2,27,28)(H,30,32). The van der Waals surface area contributed by atoms with Crippen molar-refractivity contribution in [2.45, 2.75) is 51.5 Å². The minimum atomic E-state index is -4.23. The number of aryl methyl sites for hydroxylation is 1. The van der Waals surface area contributed by atoms with Crippen LogP contribution in [-0.4, -0.2) is 36.4 Å². The van der Waals surface area contributed by atoms with Crippen LogP contribution in [0.2, 0.25) is 0 Å². The van der Waals surface area contributed by atoms with Crippen LogP contribution in [0.4, 0.5) is 11.6 Å². The molecule has 3 aromatic rings. The summed E-state index contributed by atoms with van der Waals surface area (Å²) in [4.78, 5) is 24.0. The molecule has 1 aromatic carbocycles. The third-order valence-corrected chi connectivity index (χ3v) is 8.64. The Hall–Kier alpha value is -3.46. The normalized spacial score (nSPS) is 17.4. The Balaban J connectivity index is 1.81. The number of amides is 1. The Morgan fingerprint density at radius 3 is 2.54 bits per heavy atom. The van der Waals surface area contributed by atoms with Gasteiger partial charge in [-0.25, -0.2) is 23.1 Å². The summed E-state index contributed by atoms with van der Waals surface area (Å²) in [6.07, 6.45) is 2.33. The van der Waals surface area contributed by atoms with Gasteiger partial charge in [-0.05, 0) is 75.4 Å². The lowest BCUT2D eigenvalue weighted by atomic mass is 9.90. The number of benzene rings is 1. The Morgan fingerprint density at radius 2 is 1.89 bits per heavy atom. The highest BCUT2D eigenvalue weighted by Gasteiger charge is 2.41. The van der Waals surface area contributed by atoms with Gasteiger partial charge in [-0.3, -0.25) is 4.79 Å². The SMILES string of the molecule is Cc1cccc(-c2ccc(C(=O)NS(=O)(=O)c3cccnc3N)c(N3CCC(C)C3(C)C)n2)c1C. The third-order valence-electron chi connectivity index (χ3n) is 7.26. The van der Waals surface area contributed by atoms with E-state index in [2.05, 4.69) is 35.4 Å². The molecule has 184 valence electrons. The second-order valence-electron chi connectivity index (χ2n) is 9.63. The Labute approximate surface area is 206 Å². The number of sulfonamides is 1. The smallest absolute Gasteiger partial charge is 0.268 e. The molecule has 1 fully saturated rings. The van der Waals surface area contributed by atoms with E-state index in [9.17, 15) is 13.2 Å². The van der Waals surface area contributed by atoms with E-state index < -0.39 is 15.9 Å². The van der Waals surface area contributed by atoms with Crippen LogP contribution in [0.5, 0.6) is 0 Å². The number of pyridine rings is 2. The van der Waals surface area contributed by atoms with Crippen LogP contribution >= 0.6 is 0 Å². The largest absolute Gasteiger partial charge is 0.383 e. The van der Waals surface area contributed by atoms with Gasteiger partial charge in [-0.2, -0.15) is 0 Å². The molecule has 0 saturated carbocycles. The molecule has 1 atom stereocenters. The molecule has 0 bridgehead atoms. The Kier molecular flexibility index (Phi) is 6.31. The second kappa shape index (κ2) is 8.96. The molecule has 1 unspecified atom stereocenters. The van der Waals surface area contributed by atoms with Gasteiger partial charge in [0.25, 0.3) is 15.9 Å². The number of nitrogens with one attached hydrogen (secondary N) is 1. The predicted octanol–water partition coefficient (Wildman–Crippen LogP) is 4.09. The van der Waals surface area contributed by atoms with Gasteiger partial charge in [0.1, 0.15) is 16.5 Å². The van der Waals surface area contributed by atoms with Crippen molar-refractivity contribution >= 4 is 27.6 Å². The zero-order chi connectivity index (χ0) is 25.5. The van der Waals surface area contributed by atoms with Crippen LogP contribution in [0.1, 0.15) is 48.7 Å². The van der Waals surface area contributed by atoms with Crippen LogP contribution in [0.25, 0.3) is 11.3 Å². The minimum Gasteiger partial charge on any atom is -0.383 e. The first-order chi connectivity index (χ1) is 16.4. The van der Waals surface area contributed by atoms with Gasteiger partial charge in [0.15, 0.2) is 0 Å². The monoisotopic (exact) mass is 493 g/mol. The molecule has 3 N–H and O–H groups in total. The first-order valence-corrected chi connectivity index (χ1v) is 13.0. The lowest BCUT2D eigenvalue weighted by Crippen LogP contribution is -2.43. The van der Waals surface area contributed by atoms with Crippen molar-refractivity contribution in [1.29, 1.82) is 0 Å². The second-order valence-corrected chi connectivity index (χ2v) is 11.3. The highest BCUT2D eigenvalue weighted by Crippen LogP contribution is 2.39. The van der Waals surface area contributed by atoms with Crippen LogP contribution in [0, 0.1) is 19.8 Å². The van der Waals surface area contributed by atoms with E-state index in [0.717, 1.165) is 28.8 Å². The molecule has 0 radical (unpaired) electrons. The van der Waals surface area contributed by atoms with Gasteiger partial charge in [0.05, 0.1) is 11.3 Å². The molecule has 35 heavy (non-hydrogen) atoms. The van der Waals surface area contributed by atoms with Crippen molar-refractivity contribution in [3.8, 4) is 11.3 Å². The predicted molar refractivity (Wildman–Crippen MR) is 138 cm³/mol. The minimum absolute atomic E-state index is 0.175. The van der Waals surface area contributed by atoms with Gasteiger partial charge >= 0.3 is 0 Å². The summed E-state index contributed by atoms with van der Waals surface area (Å²) >= 11 is 0. The van der Waals surface area contributed by atoms with E-state index in [-0.39, 0.29) is 21.8 Å². The molecule has 1 aliphatic heterocycles. The fourth-order valence-corrected chi connectivity index (χ4v) is 5.53. The van der Waals surface area contributed by atoms with Crippen molar-refractivity contribution in [2.75, 3.05) is 17.2 Å². The molecule has 2 aromatic heterocycles. The average Bonchev–Trinajstić information content (AvgIpc) is 3.07. The molecule has 9 heteroatoms. The van der Waals surface area contributed by atoms with E-state index in [1.807, 2.05) is 32.0 Å². The van der Waals surface area contributed by atoms with Crippen molar-refractivity contribution in [2.24, 2.45) is 5.92 Å². The molecule has 0 aliphatic carbocycles. The van der Waals surface area contributed by atoms with Crippen molar-refractivity contribution in [1.82, 2.24) is 14.7 Å². The molecule has 0 spiro atoms. The first kappa shape index (κ1) is 24.7. The molecule has 1 saturated heterocycles. The first-order valence-electron chi connectivity index (χ1n) is 11.6. The van der Waals surface area contributed by atoms with E-state index >= 15 is 0 Å². The number of carbonyl (C=O) groups excluding carboxylic acids is 1. The fraction of sp³-hybridized carbons (Fsp3) is 0.346. The molecular formula is C26H31N5O3S. The molecular weight excluding hydrogens is 462 g/mol. The van der Waals surface area contributed by atoms with Crippen molar-refractivity contribution in [3.63, 3.8) is 0 Å². The van der Waals surface area contributed by atoms with Crippen LogP contribution < -0.4 is 15.4 Å². The molecule has 4 rings (SSSR count). The maximum absolute atomic E-state index is 13.4. The zero-order valence-electron chi connectivity index (χ0n) is 20.7. The summed E-state index contributed by atoms with van der Waals surface area (Å²) in [7, 11) is -4.23. The summed E-state index contributed by atoms with van der Waals surface area (Å²) in [5, 5.41) is 0. The van der Waals surface area contributed by atoms with E-state index in [0.29, 0.717) is 18.3 Å². The van der Waals surface area contributed by atoms with Gasteiger partial charge in [0, 0.05) is 23.8 Å². The fourth-order valence-electron chi connectivity index (χ4n) is 4.48. The molecule has 8 nitrogen and oxygen atoms in total. The number of anilines is 2. The van der Waals surface area contributed by atoms with Crippen LogP contribution in [0.3, 0.4) is 0 Å². The van der Waals surface area contributed by atoms with E-state index in [1.165, 1.54) is 18.3 Å². The number of rotatable bonds is 5. The number of aromatic nitrogens is 2.